The summed E-state index contributed by atoms with van der Waals surface area (Å²) in [6.07, 6.45) is -0.526. The summed E-state index contributed by atoms with van der Waals surface area (Å²) >= 11 is 18.0. The van der Waals surface area contributed by atoms with Crippen LogP contribution in [0.2, 0.25) is 15.1 Å². The summed E-state index contributed by atoms with van der Waals surface area (Å²) < 4.78 is 5.76. The molecule has 0 saturated carbocycles. The number of fused-ring (bicyclic) bond motifs is 1. The molecule has 1 aromatic heterocycles. The van der Waals surface area contributed by atoms with E-state index < -0.39 is 6.10 Å². The lowest BCUT2D eigenvalue weighted by Gasteiger charge is -2.16. The van der Waals surface area contributed by atoms with Crippen molar-refractivity contribution in [3.63, 3.8) is 0 Å². The maximum absolute atomic E-state index is 12.1. The van der Waals surface area contributed by atoms with Crippen molar-refractivity contribution in [1.29, 1.82) is 0 Å². The Morgan fingerprint density at radius 1 is 1.09 bits per heavy atom. The monoisotopic (exact) mass is 368 g/mol. The van der Waals surface area contributed by atoms with Gasteiger partial charge in [-0.05, 0) is 25.1 Å². The van der Waals surface area contributed by atoms with E-state index in [-0.39, 0.29) is 5.56 Å². The molecule has 0 saturated heterocycles. The van der Waals surface area contributed by atoms with E-state index in [4.69, 9.17) is 39.5 Å². The molecule has 1 heterocycles. The fraction of sp³-hybridized carbons (Fsp3) is 0.125. The second-order valence-corrected chi connectivity index (χ2v) is 6.15. The highest BCUT2D eigenvalue weighted by Crippen LogP contribution is 2.35. The Morgan fingerprint density at radius 2 is 1.78 bits per heavy atom. The largest absolute Gasteiger partial charge is 0.481 e. The Labute approximate surface area is 147 Å². The van der Waals surface area contributed by atoms with E-state index in [1.54, 1.807) is 25.1 Å². The van der Waals surface area contributed by atoms with Crippen LogP contribution in [-0.2, 0) is 0 Å². The summed E-state index contributed by atoms with van der Waals surface area (Å²) in [5.41, 5.74) is 0.378. The van der Waals surface area contributed by atoms with Crippen molar-refractivity contribution in [3.8, 4) is 5.75 Å². The minimum atomic E-state index is -0.526. The third-order valence-corrected chi connectivity index (χ3v) is 4.31. The van der Waals surface area contributed by atoms with Gasteiger partial charge in [0.1, 0.15) is 5.75 Å². The Kier molecular flexibility index (Phi) is 4.48. The van der Waals surface area contributed by atoms with Crippen molar-refractivity contribution < 1.29 is 4.74 Å². The first kappa shape index (κ1) is 16.1. The molecule has 23 heavy (non-hydrogen) atoms. The summed E-state index contributed by atoms with van der Waals surface area (Å²) in [7, 11) is 0. The summed E-state index contributed by atoms with van der Waals surface area (Å²) in [6.45, 7) is 1.76. The van der Waals surface area contributed by atoms with Gasteiger partial charge in [-0.25, -0.2) is 4.98 Å². The number of ether oxygens (including phenoxy) is 1. The fourth-order valence-corrected chi connectivity index (χ4v) is 2.72. The Balaban J connectivity index is 1.96. The van der Waals surface area contributed by atoms with Crippen molar-refractivity contribution in [3.05, 3.63) is 67.6 Å². The van der Waals surface area contributed by atoms with Crippen LogP contribution in [0.1, 0.15) is 18.9 Å². The first-order chi connectivity index (χ1) is 11.0. The van der Waals surface area contributed by atoms with Crippen LogP contribution in [0.4, 0.5) is 0 Å². The standard InChI is InChI=1S/C16H11Cl3N2O2/c1-8(23-14-7-11(18)10(17)6-12(14)19)15-20-13-5-3-2-4-9(13)16(22)21-15/h2-8H,1H3,(H,20,21,22)/t8-/m0/s1. The molecule has 0 bridgehead atoms. The Morgan fingerprint density at radius 3 is 2.57 bits per heavy atom. The van der Waals surface area contributed by atoms with Crippen LogP contribution in [0.3, 0.4) is 0 Å². The van der Waals surface area contributed by atoms with Crippen LogP contribution in [0.25, 0.3) is 10.9 Å². The van der Waals surface area contributed by atoms with E-state index in [2.05, 4.69) is 9.97 Å². The minimum absolute atomic E-state index is 0.221. The van der Waals surface area contributed by atoms with Crippen LogP contribution in [-0.4, -0.2) is 9.97 Å². The molecule has 0 unspecified atom stereocenters. The molecule has 0 aliphatic rings. The highest BCUT2D eigenvalue weighted by molar-refractivity contribution is 6.43. The third kappa shape index (κ3) is 3.29. The number of hydrogen-bond acceptors (Lipinski definition) is 3. The van der Waals surface area contributed by atoms with E-state index in [1.807, 2.05) is 6.07 Å². The van der Waals surface area contributed by atoms with Gasteiger partial charge in [-0.2, -0.15) is 0 Å². The third-order valence-electron chi connectivity index (χ3n) is 3.29. The lowest BCUT2D eigenvalue weighted by Crippen LogP contribution is -2.16. The molecular formula is C16H11Cl3N2O2. The van der Waals surface area contributed by atoms with Crippen molar-refractivity contribution in [2.75, 3.05) is 0 Å². The lowest BCUT2D eigenvalue weighted by molar-refractivity contribution is 0.217. The van der Waals surface area contributed by atoms with Crippen molar-refractivity contribution >= 4 is 45.7 Å². The average molecular weight is 370 g/mol. The van der Waals surface area contributed by atoms with E-state index in [0.29, 0.717) is 37.5 Å². The first-order valence-corrected chi connectivity index (χ1v) is 7.89. The molecule has 0 fully saturated rings. The van der Waals surface area contributed by atoms with Crippen LogP contribution in [0.5, 0.6) is 5.75 Å². The number of aromatic amines is 1. The van der Waals surface area contributed by atoms with E-state index in [1.165, 1.54) is 12.1 Å². The smallest absolute Gasteiger partial charge is 0.258 e. The van der Waals surface area contributed by atoms with Crippen LogP contribution >= 0.6 is 34.8 Å². The van der Waals surface area contributed by atoms with Gasteiger partial charge in [0.15, 0.2) is 11.9 Å². The maximum atomic E-state index is 12.1. The number of nitrogens with one attached hydrogen (secondary N) is 1. The zero-order chi connectivity index (χ0) is 16.6. The van der Waals surface area contributed by atoms with Gasteiger partial charge >= 0.3 is 0 Å². The molecule has 0 aliphatic carbocycles. The molecule has 3 aromatic rings. The highest BCUT2D eigenvalue weighted by Gasteiger charge is 2.15. The molecular weight excluding hydrogens is 359 g/mol. The Bertz CT molecular complexity index is 940. The molecule has 1 N–H and O–H groups in total. The summed E-state index contributed by atoms with van der Waals surface area (Å²) in [4.78, 5) is 19.2. The molecule has 3 rings (SSSR count). The van der Waals surface area contributed by atoms with Crippen LogP contribution in [0.15, 0.2) is 41.2 Å². The van der Waals surface area contributed by atoms with E-state index in [9.17, 15) is 4.79 Å². The second-order valence-electron chi connectivity index (χ2n) is 4.93. The van der Waals surface area contributed by atoms with Gasteiger partial charge in [0.05, 0.1) is 26.0 Å². The minimum Gasteiger partial charge on any atom is -0.481 e. The average Bonchev–Trinajstić information content (AvgIpc) is 2.52. The zero-order valence-corrected chi connectivity index (χ0v) is 14.2. The number of aromatic nitrogens is 2. The molecule has 7 heteroatoms. The van der Waals surface area contributed by atoms with Gasteiger partial charge in [-0.3, -0.25) is 4.79 Å². The summed E-state index contributed by atoms with van der Waals surface area (Å²) in [5.74, 6) is 0.764. The molecule has 0 amide bonds. The first-order valence-electron chi connectivity index (χ1n) is 6.76. The normalized spacial score (nSPS) is 12.3. The van der Waals surface area contributed by atoms with Gasteiger partial charge in [0, 0.05) is 6.07 Å². The van der Waals surface area contributed by atoms with Crippen molar-refractivity contribution in [2.45, 2.75) is 13.0 Å². The molecule has 0 aliphatic heterocycles. The van der Waals surface area contributed by atoms with Crippen molar-refractivity contribution in [2.24, 2.45) is 0 Å². The fourth-order valence-electron chi connectivity index (χ4n) is 2.14. The highest BCUT2D eigenvalue weighted by atomic mass is 35.5. The topological polar surface area (TPSA) is 55.0 Å². The van der Waals surface area contributed by atoms with E-state index in [0.717, 1.165) is 0 Å². The quantitative estimate of drug-likeness (QED) is 0.659. The summed E-state index contributed by atoms with van der Waals surface area (Å²) in [6, 6.07) is 10.1. The summed E-state index contributed by atoms with van der Waals surface area (Å²) in [5, 5.41) is 1.53. The Hall–Kier alpha value is -1.75. The van der Waals surface area contributed by atoms with Gasteiger partial charge in [-0.1, -0.05) is 46.9 Å². The predicted octanol–water partition coefficient (Wildman–Crippen LogP) is 5.02. The number of rotatable bonds is 3. The zero-order valence-electron chi connectivity index (χ0n) is 11.9. The van der Waals surface area contributed by atoms with Gasteiger partial charge in [0.25, 0.3) is 5.56 Å². The second kappa shape index (κ2) is 6.40. The number of hydrogen-bond donors (Lipinski definition) is 1. The van der Waals surface area contributed by atoms with Gasteiger partial charge in [0.2, 0.25) is 0 Å². The van der Waals surface area contributed by atoms with Crippen LogP contribution in [0, 0.1) is 0 Å². The maximum Gasteiger partial charge on any atom is 0.258 e. The molecule has 2 aromatic carbocycles. The van der Waals surface area contributed by atoms with E-state index >= 15 is 0 Å². The predicted molar refractivity (Wildman–Crippen MR) is 92.9 cm³/mol. The number of nitrogens with zero attached hydrogens (tertiary/aromatic N) is 1. The molecule has 0 radical (unpaired) electrons. The molecule has 0 spiro atoms. The lowest BCUT2D eigenvalue weighted by atomic mass is 10.2. The molecule has 4 nitrogen and oxygen atoms in total. The number of benzene rings is 2. The number of para-hydroxylation sites is 1. The molecule has 1 atom stereocenters. The van der Waals surface area contributed by atoms with Gasteiger partial charge in [-0.15, -0.1) is 0 Å². The SMILES string of the molecule is C[C@H](Oc1cc(Cl)c(Cl)cc1Cl)c1nc2ccccc2c(=O)[nH]1. The van der Waals surface area contributed by atoms with Crippen molar-refractivity contribution in [1.82, 2.24) is 9.97 Å². The molecule has 118 valence electrons. The van der Waals surface area contributed by atoms with Gasteiger partial charge < -0.3 is 9.72 Å². The number of halogens is 3. The number of H-pyrrole nitrogens is 1. The van der Waals surface area contributed by atoms with Crippen LogP contribution < -0.4 is 10.3 Å².